The maximum absolute atomic E-state index is 5.16. The summed E-state index contributed by atoms with van der Waals surface area (Å²) < 4.78 is 5.16. The SMILES string of the molecule is CCNc1cccc(N(CCOC)C2CC2)n1. The molecule has 0 radical (unpaired) electrons. The molecule has 0 amide bonds. The largest absolute Gasteiger partial charge is 0.383 e. The Bertz CT molecular complexity index is 352. The van der Waals surface area contributed by atoms with E-state index in [9.17, 15) is 0 Å². The molecule has 0 spiro atoms. The van der Waals surface area contributed by atoms with Crippen LogP contribution in [0, 0.1) is 0 Å². The van der Waals surface area contributed by atoms with E-state index in [0.29, 0.717) is 6.04 Å². The molecular weight excluding hydrogens is 214 g/mol. The van der Waals surface area contributed by atoms with E-state index < -0.39 is 0 Å². The van der Waals surface area contributed by atoms with Gasteiger partial charge in [-0.15, -0.1) is 0 Å². The summed E-state index contributed by atoms with van der Waals surface area (Å²) in [5, 5.41) is 3.25. The van der Waals surface area contributed by atoms with E-state index in [1.807, 2.05) is 6.07 Å². The van der Waals surface area contributed by atoms with Crippen LogP contribution in [0.4, 0.5) is 11.6 Å². The molecule has 1 fully saturated rings. The number of hydrogen-bond donors (Lipinski definition) is 1. The first-order valence-corrected chi connectivity index (χ1v) is 6.31. The van der Waals surface area contributed by atoms with Gasteiger partial charge in [-0.1, -0.05) is 6.07 Å². The molecule has 1 heterocycles. The molecule has 1 aromatic heterocycles. The van der Waals surface area contributed by atoms with Crippen LogP contribution >= 0.6 is 0 Å². The number of nitrogens with zero attached hydrogens (tertiary/aromatic N) is 2. The smallest absolute Gasteiger partial charge is 0.131 e. The van der Waals surface area contributed by atoms with Crippen LogP contribution in [0.5, 0.6) is 0 Å². The second-order valence-corrected chi connectivity index (χ2v) is 4.33. The maximum Gasteiger partial charge on any atom is 0.131 e. The van der Waals surface area contributed by atoms with Crippen LogP contribution in [0.1, 0.15) is 19.8 Å². The lowest BCUT2D eigenvalue weighted by Crippen LogP contribution is -2.30. The summed E-state index contributed by atoms with van der Waals surface area (Å²) in [7, 11) is 1.74. The lowest BCUT2D eigenvalue weighted by Gasteiger charge is -2.23. The van der Waals surface area contributed by atoms with Gasteiger partial charge in [0, 0.05) is 26.2 Å². The van der Waals surface area contributed by atoms with Gasteiger partial charge in [-0.2, -0.15) is 0 Å². The van der Waals surface area contributed by atoms with Crippen LogP contribution in [0.3, 0.4) is 0 Å². The average Bonchev–Trinajstić information content (AvgIpc) is 3.15. The van der Waals surface area contributed by atoms with Crippen LogP contribution in [-0.2, 0) is 4.74 Å². The van der Waals surface area contributed by atoms with Gasteiger partial charge in [0.25, 0.3) is 0 Å². The summed E-state index contributed by atoms with van der Waals surface area (Å²) in [6.45, 7) is 4.66. The maximum atomic E-state index is 5.16. The minimum atomic E-state index is 0.662. The Hall–Kier alpha value is -1.29. The van der Waals surface area contributed by atoms with E-state index in [4.69, 9.17) is 4.74 Å². The molecule has 0 bridgehead atoms. The molecule has 17 heavy (non-hydrogen) atoms. The Morgan fingerprint density at radius 2 is 2.29 bits per heavy atom. The van der Waals surface area contributed by atoms with Crippen LogP contribution in [0.15, 0.2) is 18.2 Å². The monoisotopic (exact) mass is 235 g/mol. The molecule has 2 rings (SSSR count). The zero-order valence-electron chi connectivity index (χ0n) is 10.6. The van der Waals surface area contributed by atoms with Gasteiger partial charge in [0.2, 0.25) is 0 Å². The average molecular weight is 235 g/mol. The number of nitrogens with one attached hydrogen (secondary N) is 1. The van der Waals surface area contributed by atoms with E-state index in [1.165, 1.54) is 12.8 Å². The highest BCUT2D eigenvalue weighted by atomic mass is 16.5. The molecule has 0 aliphatic heterocycles. The number of rotatable bonds is 7. The van der Waals surface area contributed by atoms with Crippen molar-refractivity contribution < 1.29 is 4.74 Å². The van der Waals surface area contributed by atoms with E-state index in [2.05, 4.69) is 34.3 Å². The first kappa shape index (κ1) is 12.2. The molecular formula is C13H21N3O. The summed E-state index contributed by atoms with van der Waals surface area (Å²) in [6.07, 6.45) is 2.55. The van der Waals surface area contributed by atoms with Crippen molar-refractivity contribution in [3.63, 3.8) is 0 Å². The van der Waals surface area contributed by atoms with E-state index in [0.717, 1.165) is 31.3 Å². The quantitative estimate of drug-likeness (QED) is 0.785. The molecule has 4 heteroatoms. The summed E-state index contributed by atoms with van der Waals surface area (Å²) >= 11 is 0. The summed E-state index contributed by atoms with van der Waals surface area (Å²) in [5.74, 6) is 2.01. The van der Waals surface area contributed by atoms with Gasteiger partial charge in [-0.3, -0.25) is 0 Å². The first-order valence-electron chi connectivity index (χ1n) is 6.31. The number of ether oxygens (including phenoxy) is 1. The van der Waals surface area contributed by atoms with Crippen molar-refractivity contribution in [2.75, 3.05) is 37.0 Å². The van der Waals surface area contributed by atoms with Gasteiger partial charge in [0.1, 0.15) is 11.6 Å². The van der Waals surface area contributed by atoms with Crippen molar-refractivity contribution in [1.82, 2.24) is 4.98 Å². The fraction of sp³-hybridized carbons (Fsp3) is 0.615. The molecule has 1 aromatic rings. The van der Waals surface area contributed by atoms with Crippen LogP contribution in [0.25, 0.3) is 0 Å². The van der Waals surface area contributed by atoms with Gasteiger partial charge < -0.3 is 15.0 Å². The van der Waals surface area contributed by atoms with Crippen molar-refractivity contribution in [2.45, 2.75) is 25.8 Å². The number of anilines is 2. The summed E-state index contributed by atoms with van der Waals surface area (Å²) in [6, 6.07) is 6.81. The molecule has 1 aliphatic rings. The second-order valence-electron chi connectivity index (χ2n) is 4.33. The van der Waals surface area contributed by atoms with E-state index in [-0.39, 0.29) is 0 Å². The molecule has 0 saturated heterocycles. The predicted octanol–water partition coefficient (Wildman–Crippen LogP) is 2.13. The zero-order valence-corrected chi connectivity index (χ0v) is 10.6. The van der Waals surface area contributed by atoms with Crippen LogP contribution in [0.2, 0.25) is 0 Å². The minimum absolute atomic E-state index is 0.662. The highest BCUT2D eigenvalue weighted by Crippen LogP contribution is 2.30. The van der Waals surface area contributed by atoms with Crippen molar-refractivity contribution in [3.8, 4) is 0 Å². The molecule has 0 aromatic carbocycles. The van der Waals surface area contributed by atoms with Crippen molar-refractivity contribution >= 4 is 11.6 Å². The summed E-state index contributed by atoms with van der Waals surface area (Å²) in [5.41, 5.74) is 0. The van der Waals surface area contributed by atoms with Gasteiger partial charge in [-0.25, -0.2) is 4.98 Å². The summed E-state index contributed by atoms with van der Waals surface area (Å²) in [4.78, 5) is 6.99. The Labute approximate surface area is 103 Å². The Kier molecular flexibility index (Phi) is 4.20. The molecule has 94 valence electrons. The highest BCUT2D eigenvalue weighted by Gasteiger charge is 2.29. The Morgan fingerprint density at radius 1 is 1.47 bits per heavy atom. The third kappa shape index (κ3) is 3.33. The first-order chi connectivity index (χ1) is 8.35. The molecule has 4 nitrogen and oxygen atoms in total. The van der Waals surface area contributed by atoms with Gasteiger partial charge in [0.15, 0.2) is 0 Å². The lowest BCUT2D eigenvalue weighted by atomic mass is 10.3. The number of pyridine rings is 1. The standard InChI is InChI=1S/C13H21N3O/c1-3-14-12-5-4-6-13(15-12)16(9-10-17-2)11-7-8-11/h4-6,11H,3,7-10H2,1-2H3,(H,14,15). The minimum Gasteiger partial charge on any atom is -0.383 e. The van der Waals surface area contributed by atoms with Crippen LogP contribution < -0.4 is 10.2 Å². The zero-order chi connectivity index (χ0) is 12.1. The molecule has 1 aliphatic carbocycles. The van der Waals surface area contributed by atoms with Crippen molar-refractivity contribution in [3.05, 3.63) is 18.2 Å². The lowest BCUT2D eigenvalue weighted by molar-refractivity contribution is 0.204. The van der Waals surface area contributed by atoms with Gasteiger partial charge in [-0.05, 0) is 31.9 Å². The Morgan fingerprint density at radius 3 is 2.94 bits per heavy atom. The third-order valence-corrected chi connectivity index (χ3v) is 2.91. The molecule has 0 atom stereocenters. The second kappa shape index (κ2) is 5.87. The number of aromatic nitrogens is 1. The normalized spacial score (nSPS) is 14.7. The van der Waals surface area contributed by atoms with E-state index in [1.54, 1.807) is 7.11 Å². The van der Waals surface area contributed by atoms with Gasteiger partial charge >= 0.3 is 0 Å². The Balaban J connectivity index is 2.08. The van der Waals surface area contributed by atoms with E-state index >= 15 is 0 Å². The fourth-order valence-electron chi connectivity index (χ4n) is 1.92. The molecule has 0 unspecified atom stereocenters. The van der Waals surface area contributed by atoms with Crippen LogP contribution in [-0.4, -0.2) is 37.8 Å². The molecule has 1 saturated carbocycles. The predicted molar refractivity (Wildman–Crippen MR) is 70.6 cm³/mol. The topological polar surface area (TPSA) is 37.4 Å². The third-order valence-electron chi connectivity index (χ3n) is 2.91. The number of hydrogen-bond acceptors (Lipinski definition) is 4. The fourth-order valence-corrected chi connectivity index (χ4v) is 1.92. The van der Waals surface area contributed by atoms with Gasteiger partial charge in [0.05, 0.1) is 6.61 Å². The number of methoxy groups -OCH3 is 1. The van der Waals surface area contributed by atoms with Crippen molar-refractivity contribution in [1.29, 1.82) is 0 Å². The van der Waals surface area contributed by atoms with Crippen molar-refractivity contribution in [2.24, 2.45) is 0 Å². The molecule has 1 N–H and O–H groups in total. The highest BCUT2D eigenvalue weighted by molar-refractivity contribution is 5.48.